The van der Waals surface area contributed by atoms with Gasteiger partial charge < -0.3 is 4.74 Å². The van der Waals surface area contributed by atoms with Crippen LogP contribution in [0.4, 0.5) is 0 Å². The molecule has 1 aromatic rings. The third-order valence-corrected chi connectivity index (χ3v) is 3.85. The molecule has 0 unspecified atom stereocenters. The summed E-state index contributed by atoms with van der Waals surface area (Å²) in [6.45, 7) is 0. The molecule has 0 amide bonds. The van der Waals surface area contributed by atoms with Gasteiger partial charge in [-0.3, -0.25) is 9.59 Å². The Balaban J connectivity index is 1.87. The molecular weight excluding hydrogens is 252 g/mol. The van der Waals surface area contributed by atoms with Crippen LogP contribution in [0.5, 0.6) is 5.75 Å². The van der Waals surface area contributed by atoms with E-state index in [9.17, 15) is 9.59 Å². The van der Waals surface area contributed by atoms with Crippen molar-refractivity contribution in [3.63, 3.8) is 0 Å². The number of allylic oxidation sites excluding steroid dienone is 1. The van der Waals surface area contributed by atoms with Crippen molar-refractivity contribution in [3.05, 3.63) is 35.4 Å². The first-order valence-electron chi connectivity index (χ1n) is 7.13. The maximum absolute atomic E-state index is 12.3. The second-order valence-electron chi connectivity index (χ2n) is 5.61. The lowest BCUT2D eigenvalue weighted by Gasteiger charge is -2.05. The second kappa shape index (κ2) is 5.23. The van der Waals surface area contributed by atoms with E-state index in [1.165, 1.54) is 0 Å². The van der Waals surface area contributed by atoms with Crippen molar-refractivity contribution < 1.29 is 14.3 Å². The Morgan fingerprint density at radius 1 is 1.00 bits per heavy atom. The average Bonchev–Trinajstić information content (AvgIpc) is 3.35. The quantitative estimate of drug-likeness (QED) is 0.453. The number of hydrogen-bond acceptors (Lipinski definition) is 3. The Morgan fingerprint density at radius 3 is 1.90 bits per heavy atom. The van der Waals surface area contributed by atoms with Gasteiger partial charge in [-0.05, 0) is 49.5 Å². The summed E-state index contributed by atoms with van der Waals surface area (Å²) in [5.41, 5.74) is 1.28. The molecule has 0 spiro atoms. The van der Waals surface area contributed by atoms with E-state index in [0.717, 1.165) is 37.0 Å². The van der Waals surface area contributed by atoms with Crippen molar-refractivity contribution in [2.75, 3.05) is 7.11 Å². The van der Waals surface area contributed by atoms with Crippen LogP contribution in [-0.4, -0.2) is 18.7 Å². The van der Waals surface area contributed by atoms with E-state index in [0.29, 0.717) is 5.57 Å². The maximum atomic E-state index is 12.3. The first-order chi connectivity index (χ1) is 9.69. The molecule has 0 bridgehead atoms. The van der Waals surface area contributed by atoms with E-state index >= 15 is 0 Å². The molecule has 0 aromatic heterocycles. The summed E-state index contributed by atoms with van der Waals surface area (Å²) in [6, 6.07) is 7.43. The number of carbonyl (C=O) groups is 2. The normalized spacial score (nSPS) is 17.4. The van der Waals surface area contributed by atoms with Gasteiger partial charge in [0, 0.05) is 11.8 Å². The van der Waals surface area contributed by atoms with Crippen LogP contribution in [0.25, 0.3) is 6.08 Å². The molecule has 104 valence electrons. The molecule has 0 atom stereocenters. The smallest absolute Gasteiger partial charge is 0.169 e. The fraction of sp³-hybridized carbons (Fsp3) is 0.412. The van der Waals surface area contributed by atoms with Crippen molar-refractivity contribution in [1.29, 1.82) is 0 Å². The largest absolute Gasteiger partial charge is 0.497 e. The van der Waals surface area contributed by atoms with Crippen LogP contribution in [-0.2, 0) is 9.59 Å². The third kappa shape index (κ3) is 2.82. The van der Waals surface area contributed by atoms with Crippen molar-refractivity contribution in [2.24, 2.45) is 11.8 Å². The number of benzene rings is 1. The first kappa shape index (κ1) is 13.1. The Morgan fingerprint density at radius 2 is 1.50 bits per heavy atom. The van der Waals surface area contributed by atoms with Gasteiger partial charge in [0.15, 0.2) is 11.6 Å². The summed E-state index contributed by atoms with van der Waals surface area (Å²) in [6.07, 6.45) is 5.46. The predicted molar refractivity (Wildman–Crippen MR) is 76.4 cm³/mol. The highest BCUT2D eigenvalue weighted by molar-refractivity contribution is 6.25. The second-order valence-corrected chi connectivity index (χ2v) is 5.61. The van der Waals surface area contributed by atoms with Crippen LogP contribution in [0.3, 0.4) is 0 Å². The van der Waals surface area contributed by atoms with Crippen LogP contribution >= 0.6 is 0 Å². The number of carbonyl (C=O) groups excluding carboxylic acids is 2. The van der Waals surface area contributed by atoms with Gasteiger partial charge in [0.25, 0.3) is 0 Å². The topological polar surface area (TPSA) is 43.4 Å². The molecule has 0 heterocycles. The number of ketones is 2. The average molecular weight is 270 g/mol. The van der Waals surface area contributed by atoms with E-state index in [1.807, 2.05) is 24.3 Å². The Kier molecular flexibility index (Phi) is 3.43. The minimum atomic E-state index is 0.0396. The summed E-state index contributed by atoms with van der Waals surface area (Å²) in [7, 11) is 1.61. The Labute approximate surface area is 118 Å². The number of methoxy groups -OCH3 is 1. The molecule has 2 fully saturated rings. The van der Waals surface area contributed by atoms with E-state index in [2.05, 4.69) is 0 Å². The summed E-state index contributed by atoms with van der Waals surface area (Å²) in [5.74, 6) is 1.02. The van der Waals surface area contributed by atoms with Gasteiger partial charge >= 0.3 is 0 Å². The van der Waals surface area contributed by atoms with Gasteiger partial charge in [-0.15, -0.1) is 0 Å². The number of ether oxygens (including phenoxy) is 1. The molecule has 2 aliphatic rings. The highest BCUT2D eigenvalue weighted by Gasteiger charge is 2.39. The molecular formula is C17H18O3. The van der Waals surface area contributed by atoms with Crippen molar-refractivity contribution in [1.82, 2.24) is 0 Å². The number of hydrogen-bond donors (Lipinski definition) is 0. The molecule has 2 saturated carbocycles. The monoisotopic (exact) mass is 270 g/mol. The van der Waals surface area contributed by atoms with E-state index < -0.39 is 0 Å². The Bertz CT molecular complexity index is 534. The zero-order chi connectivity index (χ0) is 14.1. The van der Waals surface area contributed by atoms with Gasteiger partial charge in [0.1, 0.15) is 5.75 Å². The fourth-order valence-electron chi connectivity index (χ4n) is 2.26. The van der Waals surface area contributed by atoms with Crippen molar-refractivity contribution in [3.8, 4) is 5.75 Å². The van der Waals surface area contributed by atoms with Gasteiger partial charge in [-0.25, -0.2) is 0 Å². The minimum absolute atomic E-state index is 0.0396. The molecule has 0 N–H and O–H groups in total. The van der Waals surface area contributed by atoms with E-state index in [-0.39, 0.29) is 23.4 Å². The summed E-state index contributed by atoms with van der Waals surface area (Å²) in [5, 5.41) is 0. The predicted octanol–water partition coefficient (Wildman–Crippen LogP) is 3.04. The molecule has 2 aliphatic carbocycles. The maximum Gasteiger partial charge on any atom is 0.169 e. The minimum Gasteiger partial charge on any atom is -0.497 e. The van der Waals surface area contributed by atoms with E-state index in [4.69, 9.17) is 4.74 Å². The van der Waals surface area contributed by atoms with E-state index in [1.54, 1.807) is 13.2 Å². The fourth-order valence-corrected chi connectivity index (χ4v) is 2.26. The molecule has 3 rings (SSSR count). The van der Waals surface area contributed by atoms with Crippen molar-refractivity contribution >= 4 is 17.6 Å². The molecule has 0 saturated heterocycles. The van der Waals surface area contributed by atoms with Crippen LogP contribution in [0, 0.1) is 11.8 Å². The zero-order valence-corrected chi connectivity index (χ0v) is 11.6. The first-order valence-corrected chi connectivity index (χ1v) is 7.13. The molecule has 1 aromatic carbocycles. The lowest BCUT2D eigenvalue weighted by molar-refractivity contribution is -0.122. The van der Waals surface area contributed by atoms with Crippen molar-refractivity contribution in [2.45, 2.75) is 25.7 Å². The Hall–Kier alpha value is -1.90. The standard InChI is InChI=1S/C17H18O3/c1-20-14-8-2-11(3-9-14)10-15(16(18)12-4-5-12)17(19)13-6-7-13/h2-3,8-10,12-13H,4-7H2,1H3. The van der Waals surface area contributed by atoms with Gasteiger partial charge in [-0.1, -0.05) is 12.1 Å². The van der Waals surface area contributed by atoms with Gasteiger partial charge in [-0.2, -0.15) is 0 Å². The lowest BCUT2D eigenvalue weighted by Crippen LogP contribution is -2.16. The van der Waals surface area contributed by atoms with Crippen LogP contribution in [0.2, 0.25) is 0 Å². The SMILES string of the molecule is COc1ccc(C=C(C(=O)C2CC2)C(=O)C2CC2)cc1. The van der Waals surface area contributed by atoms with Crippen LogP contribution in [0.1, 0.15) is 31.2 Å². The van der Waals surface area contributed by atoms with Gasteiger partial charge in [0.05, 0.1) is 12.7 Å². The molecule has 0 radical (unpaired) electrons. The molecule has 3 nitrogen and oxygen atoms in total. The summed E-state index contributed by atoms with van der Waals surface area (Å²) < 4.78 is 5.11. The highest BCUT2D eigenvalue weighted by Crippen LogP contribution is 2.38. The van der Waals surface area contributed by atoms with Gasteiger partial charge in [0.2, 0.25) is 0 Å². The molecule has 3 heteroatoms. The molecule has 20 heavy (non-hydrogen) atoms. The zero-order valence-electron chi connectivity index (χ0n) is 11.6. The third-order valence-electron chi connectivity index (χ3n) is 3.85. The van der Waals surface area contributed by atoms with Crippen LogP contribution < -0.4 is 4.74 Å². The highest BCUT2D eigenvalue weighted by atomic mass is 16.5. The lowest BCUT2D eigenvalue weighted by atomic mass is 9.97. The summed E-state index contributed by atoms with van der Waals surface area (Å²) in [4.78, 5) is 24.6. The number of Topliss-reactive ketones (excluding diaryl/α,β-unsaturated/α-hetero) is 2. The number of rotatable bonds is 6. The van der Waals surface area contributed by atoms with Crippen LogP contribution in [0.15, 0.2) is 29.8 Å². The molecule has 0 aliphatic heterocycles. The summed E-state index contributed by atoms with van der Waals surface area (Å²) >= 11 is 0.